The first-order valence-corrected chi connectivity index (χ1v) is 9.84. The van der Waals surface area contributed by atoms with E-state index in [0.717, 1.165) is 5.57 Å². The fraction of sp³-hybridized carbons (Fsp3) is 0.636. The molecule has 0 amide bonds. The van der Waals surface area contributed by atoms with Crippen molar-refractivity contribution in [3.8, 4) is 0 Å². The molecule has 0 spiro atoms. The lowest BCUT2D eigenvalue weighted by atomic mass is 9.84. The Hall–Kier alpha value is -1.92. The minimum absolute atomic E-state index is 0.0500. The molecule has 0 aromatic rings. The Kier molecular flexibility index (Phi) is 5.56. The molecule has 3 rings (SSSR count). The maximum absolute atomic E-state index is 12.2. The number of ether oxygens (including phenoxy) is 3. The maximum atomic E-state index is 12.2. The molecule has 0 bridgehead atoms. The Balaban J connectivity index is 1.94. The van der Waals surface area contributed by atoms with Gasteiger partial charge in [0.1, 0.15) is 6.10 Å². The number of carbonyl (C=O) groups excluding carboxylic acids is 2. The topological polar surface area (TPSA) is 85.4 Å². The molecule has 28 heavy (non-hydrogen) atoms. The van der Waals surface area contributed by atoms with Crippen LogP contribution in [-0.4, -0.2) is 46.6 Å². The van der Waals surface area contributed by atoms with Crippen molar-refractivity contribution in [1.29, 1.82) is 0 Å². The van der Waals surface area contributed by atoms with Crippen molar-refractivity contribution in [3.05, 3.63) is 36.0 Å². The van der Waals surface area contributed by atoms with E-state index in [1.165, 1.54) is 6.92 Å². The Morgan fingerprint density at radius 3 is 2.79 bits per heavy atom. The molecule has 0 radical (unpaired) electrons. The van der Waals surface area contributed by atoms with Gasteiger partial charge in [0.05, 0.1) is 17.3 Å². The lowest BCUT2D eigenvalue weighted by molar-refractivity contribution is -0.157. The Morgan fingerprint density at radius 1 is 1.39 bits per heavy atom. The smallest absolute Gasteiger partial charge is 0.334 e. The van der Waals surface area contributed by atoms with Gasteiger partial charge in [-0.2, -0.15) is 0 Å². The van der Waals surface area contributed by atoms with Gasteiger partial charge in [-0.1, -0.05) is 24.8 Å². The SMILES string of the molecule is C=C1C(=O)O[C@@H]2[C@@H]1C[C@@H]1O[C@@]1(C)C/C=C/[C@@](C)(O)CC/C=C(\C)[C@@H]2OC(C)=O. The number of rotatable bonds is 1. The number of hydrogen-bond acceptors (Lipinski definition) is 6. The zero-order chi connectivity index (χ0) is 20.7. The van der Waals surface area contributed by atoms with Gasteiger partial charge in [0, 0.05) is 18.4 Å². The number of carbonyl (C=O) groups is 2. The number of allylic oxidation sites excluding steroid dienone is 1. The first-order valence-electron chi connectivity index (χ1n) is 9.84. The monoisotopic (exact) mass is 390 g/mol. The molecule has 154 valence electrons. The van der Waals surface area contributed by atoms with Crippen LogP contribution in [0, 0.1) is 5.92 Å². The molecule has 2 heterocycles. The average Bonchev–Trinajstić information content (AvgIpc) is 3.13. The summed E-state index contributed by atoms with van der Waals surface area (Å²) in [5.41, 5.74) is -0.0770. The Labute approximate surface area is 166 Å². The molecule has 2 saturated heterocycles. The highest BCUT2D eigenvalue weighted by Gasteiger charge is 2.55. The van der Waals surface area contributed by atoms with Gasteiger partial charge in [-0.25, -0.2) is 4.79 Å². The molecule has 0 aromatic carbocycles. The molecule has 0 saturated carbocycles. The summed E-state index contributed by atoms with van der Waals surface area (Å²) in [6, 6.07) is 0. The van der Waals surface area contributed by atoms with Gasteiger partial charge >= 0.3 is 11.9 Å². The van der Waals surface area contributed by atoms with E-state index < -0.39 is 29.7 Å². The van der Waals surface area contributed by atoms with Crippen LogP contribution in [0.2, 0.25) is 0 Å². The van der Waals surface area contributed by atoms with E-state index >= 15 is 0 Å². The van der Waals surface area contributed by atoms with E-state index in [1.807, 2.05) is 32.1 Å². The molecule has 1 aliphatic carbocycles. The summed E-state index contributed by atoms with van der Waals surface area (Å²) in [7, 11) is 0. The van der Waals surface area contributed by atoms with Gasteiger partial charge in [-0.3, -0.25) is 4.79 Å². The van der Waals surface area contributed by atoms with Crippen molar-refractivity contribution < 1.29 is 28.9 Å². The first kappa shape index (κ1) is 20.8. The zero-order valence-corrected chi connectivity index (χ0v) is 17.1. The number of esters is 2. The number of fused-ring (bicyclic) bond motifs is 2. The van der Waals surface area contributed by atoms with Gasteiger partial charge < -0.3 is 19.3 Å². The number of epoxide rings is 1. The summed E-state index contributed by atoms with van der Waals surface area (Å²) >= 11 is 0. The van der Waals surface area contributed by atoms with Crippen LogP contribution in [0.3, 0.4) is 0 Å². The quantitative estimate of drug-likeness (QED) is 0.321. The van der Waals surface area contributed by atoms with Gasteiger partial charge in [0.2, 0.25) is 0 Å². The van der Waals surface area contributed by atoms with Gasteiger partial charge in [-0.05, 0) is 52.0 Å². The minimum atomic E-state index is -0.935. The van der Waals surface area contributed by atoms with Crippen LogP contribution in [0.5, 0.6) is 0 Å². The van der Waals surface area contributed by atoms with Crippen molar-refractivity contribution >= 4 is 11.9 Å². The van der Waals surface area contributed by atoms with Crippen molar-refractivity contribution in [1.82, 2.24) is 0 Å². The molecule has 0 aromatic heterocycles. The van der Waals surface area contributed by atoms with Gasteiger partial charge in [0.15, 0.2) is 6.10 Å². The largest absolute Gasteiger partial charge is 0.454 e. The summed E-state index contributed by atoms with van der Waals surface area (Å²) in [4.78, 5) is 24.0. The first-order chi connectivity index (χ1) is 13.0. The second kappa shape index (κ2) is 7.48. The van der Waals surface area contributed by atoms with Crippen LogP contribution in [0.25, 0.3) is 0 Å². The average molecular weight is 390 g/mol. The van der Waals surface area contributed by atoms with Crippen LogP contribution < -0.4 is 0 Å². The van der Waals surface area contributed by atoms with Crippen molar-refractivity contribution in [2.24, 2.45) is 5.92 Å². The van der Waals surface area contributed by atoms with Crippen molar-refractivity contribution in [3.63, 3.8) is 0 Å². The van der Waals surface area contributed by atoms with Gasteiger partial charge in [-0.15, -0.1) is 0 Å². The minimum Gasteiger partial charge on any atom is -0.454 e. The predicted molar refractivity (Wildman–Crippen MR) is 103 cm³/mol. The van der Waals surface area contributed by atoms with Gasteiger partial charge in [0.25, 0.3) is 0 Å². The summed E-state index contributed by atoms with van der Waals surface area (Å²) < 4.78 is 17.1. The molecule has 6 atom stereocenters. The molecule has 6 nitrogen and oxygen atoms in total. The molecule has 2 fully saturated rings. The molecule has 1 N–H and O–H groups in total. The molecule has 6 heteroatoms. The van der Waals surface area contributed by atoms with Crippen LogP contribution >= 0.6 is 0 Å². The Morgan fingerprint density at radius 2 is 2.11 bits per heavy atom. The molecule has 3 aliphatic rings. The van der Waals surface area contributed by atoms with Crippen LogP contribution in [0.15, 0.2) is 36.0 Å². The van der Waals surface area contributed by atoms with E-state index in [2.05, 4.69) is 6.58 Å². The standard InChI is InChI=1S/C22H30O6/c1-13-8-6-9-21(4,25)10-7-11-22(5)17(28-22)12-16-14(2)20(24)27-19(16)18(13)26-15(3)23/h7-8,10,16-19,25H,2,6,9,11-12H2,1,3-5H3/b10-7+,13-8+/t16-,17+,18+,19-,21+,22+/m1/s1. The fourth-order valence-electron chi connectivity index (χ4n) is 4.12. The normalized spacial score (nSPS) is 44.2. The fourth-order valence-corrected chi connectivity index (χ4v) is 4.12. The molecular weight excluding hydrogens is 360 g/mol. The maximum Gasteiger partial charge on any atom is 0.334 e. The van der Waals surface area contributed by atoms with E-state index in [4.69, 9.17) is 14.2 Å². The molecule has 0 unspecified atom stereocenters. The van der Waals surface area contributed by atoms with E-state index in [-0.39, 0.29) is 17.6 Å². The highest BCUT2D eigenvalue weighted by atomic mass is 16.6. The second-order valence-corrected chi connectivity index (χ2v) is 8.64. The second-order valence-electron chi connectivity index (χ2n) is 8.64. The Bertz CT molecular complexity index is 733. The van der Waals surface area contributed by atoms with Crippen LogP contribution in [0.1, 0.15) is 53.4 Å². The van der Waals surface area contributed by atoms with Crippen molar-refractivity contribution in [2.75, 3.05) is 0 Å². The lowest BCUT2D eigenvalue weighted by Crippen LogP contribution is -2.37. The third-order valence-electron chi connectivity index (χ3n) is 6.01. The summed E-state index contributed by atoms with van der Waals surface area (Å²) in [6.45, 7) is 10.9. The number of hydrogen-bond donors (Lipinski definition) is 1. The summed E-state index contributed by atoms with van der Waals surface area (Å²) in [6.07, 6.45) is 6.74. The zero-order valence-electron chi connectivity index (χ0n) is 17.1. The third-order valence-corrected chi connectivity index (χ3v) is 6.01. The van der Waals surface area contributed by atoms with E-state index in [1.54, 1.807) is 6.92 Å². The summed E-state index contributed by atoms with van der Waals surface area (Å²) in [5.74, 6) is -1.16. The van der Waals surface area contributed by atoms with Crippen LogP contribution in [0.4, 0.5) is 0 Å². The predicted octanol–water partition coefficient (Wildman–Crippen LogP) is 3.00. The summed E-state index contributed by atoms with van der Waals surface area (Å²) in [5, 5.41) is 10.6. The van der Waals surface area contributed by atoms with Crippen molar-refractivity contribution in [2.45, 2.75) is 82.9 Å². The number of aliphatic hydroxyl groups is 1. The van der Waals surface area contributed by atoms with E-state index in [0.29, 0.717) is 31.3 Å². The van der Waals surface area contributed by atoms with Crippen LogP contribution in [-0.2, 0) is 23.8 Å². The van der Waals surface area contributed by atoms with E-state index in [9.17, 15) is 14.7 Å². The third kappa shape index (κ3) is 4.39. The molecule has 2 aliphatic heterocycles. The highest BCUT2D eigenvalue weighted by molar-refractivity contribution is 5.91. The highest BCUT2D eigenvalue weighted by Crippen LogP contribution is 2.47. The lowest BCUT2D eigenvalue weighted by Gasteiger charge is -2.28. The molecular formula is C22H30O6.